The summed E-state index contributed by atoms with van der Waals surface area (Å²) in [5.41, 5.74) is 0.591. The fourth-order valence-corrected chi connectivity index (χ4v) is 3.09. The lowest BCUT2D eigenvalue weighted by molar-refractivity contribution is -0.141. The zero-order valence-corrected chi connectivity index (χ0v) is 14.5. The van der Waals surface area contributed by atoms with Gasteiger partial charge in [0.15, 0.2) is 0 Å². The summed E-state index contributed by atoms with van der Waals surface area (Å²) in [6.07, 6.45) is 0. The van der Waals surface area contributed by atoms with Crippen LogP contribution in [-0.4, -0.2) is 44.1 Å². The van der Waals surface area contributed by atoms with Crippen molar-refractivity contribution in [3.05, 3.63) is 32.3 Å². The highest BCUT2D eigenvalue weighted by atomic mass is 79.9. The van der Waals surface area contributed by atoms with Gasteiger partial charge in [0.05, 0.1) is 19.2 Å². The second-order valence-electron chi connectivity index (χ2n) is 5.56. The van der Waals surface area contributed by atoms with Crippen molar-refractivity contribution in [2.45, 2.75) is 33.0 Å². The normalized spacial score (nSPS) is 14.0. The molecule has 0 aliphatic carbocycles. The van der Waals surface area contributed by atoms with Crippen LogP contribution in [0.15, 0.2) is 15.5 Å². The second-order valence-corrected chi connectivity index (χ2v) is 6.37. The molecule has 8 nitrogen and oxygen atoms in total. The van der Waals surface area contributed by atoms with Gasteiger partial charge in [-0.05, 0) is 29.8 Å². The van der Waals surface area contributed by atoms with Gasteiger partial charge < -0.3 is 14.2 Å². The molecule has 3 rings (SSSR count). The molecule has 0 unspecified atom stereocenters. The minimum atomic E-state index is -0.508. The number of aromatic nitrogens is 3. The number of amides is 1. The SMILES string of the molecule is COC(=O)Cn1c2c(c(=O)n3nc(Br)cc13)CN(C(C)C)C2=O. The van der Waals surface area contributed by atoms with Crippen LogP contribution in [-0.2, 0) is 22.6 Å². The number of esters is 1. The van der Waals surface area contributed by atoms with Crippen LogP contribution in [0.3, 0.4) is 0 Å². The molecule has 23 heavy (non-hydrogen) atoms. The van der Waals surface area contributed by atoms with Crippen molar-refractivity contribution in [3.8, 4) is 0 Å². The van der Waals surface area contributed by atoms with E-state index in [1.807, 2.05) is 13.8 Å². The first-order valence-electron chi connectivity index (χ1n) is 7.04. The lowest BCUT2D eigenvalue weighted by atomic mass is 10.2. The molecule has 0 saturated heterocycles. The number of hydrogen-bond donors (Lipinski definition) is 0. The van der Waals surface area contributed by atoms with E-state index in [1.165, 1.54) is 16.2 Å². The van der Waals surface area contributed by atoms with Crippen LogP contribution in [0, 0.1) is 0 Å². The standard InChI is InChI=1S/C14H15BrN4O4/c1-7(2)17-5-8-12(14(17)22)18(6-11(20)23-3)10-4-9(15)16-19(10)13(8)21/h4,7H,5-6H2,1-3H3. The van der Waals surface area contributed by atoms with Gasteiger partial charge in [0.1, 0.15) is 22.5 Å². The zero-order chi connectivity index (χ0) is 16.9. The number of carbonyl (C=O) groups is 2. The Kier molecular flexibility index (Phi) is 3.75. The van der Waals surface area contributed by atoms with Crippen LogP contribution in [0.25, 0.3) is 5.65 Å². The van der Waals surface area contributed by atoms with Crippen molar-refractivity contribution < 1.29 is 14.3 Å². The Labute approximate surface area is 139 Å². The van der Waals surface area contributed by atoms with Crippen molar-refractivity contribution >= 4 is 33.5 Å². The van der Waals surface area contributed by atoms with Crippen molar-refractivity contribution in [1.82, 2.24) is 19.1 Å². The number of ether oxygens (including phenoxy) is 1. The predicted octanol–water partition coefficient (Wildman–Crippen LogP) is 0.796. The minimum Gasteiger partial charge on any atom is -0.468 e. The van der Waals surface area contributed by atoms with Gasteiger partial charge in [0.25, 0.3) is 11.5 Å². The summed E-state index contributed by atoms with van der Waals surface area (Å²) in [6, 6.07) is 1.54. The summed E-state index contributed by atoms with van der Waals surface area (Å²) in [5, 5.41) is 4.10. The number of nitrogens with zero attached hydrogens (tertiary/aromatic N) is 4. The first-order valence-corrected chi connectivity index (χ1v) is 7.83. The van der Waals surface area contributed by atoms with Gasteiger partial charge in [-0.25, -0.2) is 0 Å². The summed E-state index contributed by atoms with van der Waals surface area (Å²) in [6.45, 7) is 3.79. The maximum Gasteiger partial charge on any atom is 0.325 e. The Morgan fingerprint density at radius 2 is 2.13 bits per heavy atom. The Morgan fingerprint density at radius 1 is 1.43 bits per heavy atom. The fourth-order valence-electron chi connectivity index (χ4n) is 2.73. The van der Waals surface area contributed by atoms with E-state index in [1.54, 1.807) is 11.0 Å². The Morgan fingerprint density at radius 3 is 2.74 bits per heavy atom. The molecule has 2 aromatic rings. The van der Waals surface area contributed by atoms with Crippen LogP contribution in [0.4, 0.5) is 0 Å². The van der Waals surface area contributed by atoms with Crippen molar-refractivity contribution in [2.75, 3.05) is 7.11 Å². The summed E-state index contributed by atoms with van der Waals surface area (Å²) < 4.78 is 7.84. The molecule has 1 amide bonds. The molecule has 0 saturated carbocycles. The summed E-state index contributed by atoms with van der Waals surface area (Å²) in [7, 11) is 1.27. The first kappa shape index (κ1) is 15.7. The Balaban J connectivity index is 2.32. The number of fused-ring (bicyclic) bond motifs is 2. The van der Waals surface area contributed by atoms with Gasteiger partial charge in [0.2, 0.25) is 0 Å². The number of rotatable bonds is 3. The molecule has 122 valence electrons. The van der Waals surface area contributed by atoms with Crippen LogP contribution >= 0.6 is 15.9 Å². The van der Waals surface area contributed by atoms with Crippen molar-refractivity contribution in [1.29, 1.82) is 0 Å². The van der Waals surface area contributed by atoms with Gasteiger partial charge in [-0.2, -0.15) is 9.61 Å². The number of halogens is 1. The molecule has 0 atom stereocenters. The van der Waals surface area contributed by atoms with E-state index in [9.17, 15) is 14.4 Å². The third-order valence-corrected chi connectivity index (χ3v) is 4.26. The van der Waals surface area contributed by atoms with Gasteiger partial charge in [0, 0.05) is 12.1 Å². The molecule has 0 aromatic carbocycles. The average Bonchev–Trinajstić information content (AvgIpc) is 3.04. The number of hydrogen-bond acceptors (Lipinski definition) is 5. The summed E-state index contributed by atoms with van der Waals surface area (Å²) in [5.74, 6) is -0.776. The lowest BCUT2D eigenvalue weighted by Gasteiger charge is -2.20. The van der Waals surface area contributed by atoms with Crippen LogP contribution < -0.4 is 5.56 Å². The topological polar surface area (TPSA) is 85.9 Å². The first-order chi connectivity index (χ1) is 10.8. The van der Waals surface area contributed by atoms with Gasteiger partial charge in [-0.1, -0.05) is 0 Å². The van der Waals surface area contributed by atoms with Gasteiger partial charge in [-0.15, -0.1) is 0 Å². The third-order valence-electron chi connectivity index (χ3n) is 3.87. The number of methoxy groups -OCH3 is 1. The van der Waals surface area contributed by atoms with E-state index in [2.05, 4.69) is 21.0 Å². The third kappa shape index (κ3) is 2.35. The lowest BCUT2D eigenvalue weighted by Crippen LogP contribution is -2.32. The van der Waals surface area contributed by atoms with E-state index >= 15 is 0 Å². The van der Waals surface area contributed by atoms with Crippen LogP contribution in [0.2, 0.25) is 0 Å². The Hall–Kier alpha value is -2.16. The van der Waals surface area contributed by atoms with E-state index < -0.39 is 5.97 Å². The summed E-state index contributed by atoms with van der Waals surface area (Å²) in [4.78, 5) is 38.7. The molecular weight excluding hydrogens is 368 g/mol. The smallest absolute Gasteiger partial charge is 0.325 e. The monoisotopic (exact) mass is 382 g/mol. The van der Waals surface area contributed by atoms with Crippen molar-refractivity contribution in [3.63, 3.8) is 0 Å². The molecule has 1 aliphatic rings. The molecule has 9 heteroatoms. The molecule has 0 radical (unpaired) electrons. The summed E-state index contributed by atoms with van der Waals surface area (Å²) >= 11 is 3.22. The molecule has 0 fully saturated rings. The number of carbonyl (C=O) groups excluding carboxylic acids is 2. The quantitative estimate of drug-likeness (QED) is 0.732. The van der Waals surface area contributed by atoms with E-state index in [4.69, 9.17) is 4.74 Å². The highest BCUT2D eigenvalue weighted by molar-refractivity contribution is 9.10. The predicted molar refractivity (Wildman–Crippen MR) is 84.2 cm³/mol. The largest absolute Gasteiger partial charge is 0.468 e. The zero-order valence-electron chi connectivity index (χ0n) is 12.9. The van der Waals surface area contributed by atoms with E-state index in [0.717, 1.165) is 0 Å². The maximum atomic E-state index is 12.7. The van der Waals surface area contributed by atoms with E-state index in [0.29, 0.717) is 15.8 Å². The van der Waals surface area contributed by atoms with Crippen molar-refractivity contribution in [2.24, 2.45) is 0 Å². The second kappa shape index (κ2) is 5.48. The van der Waals surface area contributed by atoms with Gasteiger partial charge >= 0.3 is 5.97 Å². The molecule has 2 aromatic heterocycles. The molecular formula is C14H15BrN4O4. The minimum absolute atomic E-state index is 0.0556. The van der Waals surface area contributed by atoms with Crippen LogP contribution in [0.1, 0.15) is 29.9 Å². The Bertz CT molecular complexity index is 883. The molecule has 1 aliphatic heterocycles. The molecule has 0 bridgehead atoms. The highest BCUT2D eigenvalue weighted by Gasteiger charge is 2.36. The van der Waals surface area contributed by atoms with E-state index in [-0.39, 0.29) is 36.3 Å². The highest BCUT2D eigenvalue weighted by Crippen LogP contribution is 2.25. The molecule has 3 heterocycles. The maximum absolute atomic E-state index is 12.7. The fraction of sp³-hybridized carbons (Fsp3) is 0.429. The molecule has 0 N–H and O–H groups in total. The average molecular weight is 383 g/mol. The molecule has 0 spiro atoms. The van der Waals surface area contributed by atoms with Gasteiger partial charge in [-0.3, -0.25) is 14.4 Å². The van der Waals surface area contributed by atoms with Crippen LogP contribution in [0.5, 0.6) is 0 Å².